The van der Waals surface area contributed by atoms with Crippen LogP contribution in [0.3, 0.4) is 0 Å². The second-order valence-corrected chi connectivity index (χ2v) is 9.98. The number of rotatable bonds is 1. The third-order valence-corrected chi connectivity index (χ3v) is 5.67. The predicted octanol–water partition coefficient (Wildman–Crippen LogP) is 8.69. The van der Waals surface area contributed by atoms with Crippen LogP contribution in [0.15, 0.2) is 36.4 Å². The highest BCUT2D eigenvalue weighted by molar-refractivity contribution is 5.39. The molecule has 0 radical (unpaired) electrons. The second kappa shape index (κ2) is 9.58. The molecule has 0 saturated heterocycles. The molecule has 0 aliphatic heterocycles. The summed E-state index contributed by atoms with van der Waals surface area (Å²) in [5.74, 6) is 0.619. The number of hydrogen-bond donors (Lipinski definition) is 0. The van der Waals surface area contributed by atoms with Gasteiger partial charge in [-0.2, -0.15) is 0 Å². The number of aryl methyl sites for hydroxylation is 3. The molecule has 0 fully saturated rings. The fourth-order valence-corrected chi connectivity index (χ4v) is 2.82. The minimum atomic E-state index is 0. The second-order valence-electron chi connectivity index (χ2n) is 9.98. The Labute approximate surface area is 170 Å². The zero-order chi connectivity index (χ0) is 20.3. The molecule has 0 aliphatic rings. The van der Waals surface area contributed by atoms with E-state index in [2.05, 4.69) is 113 Å². The van der Waals surface area contributed by atoms with Crippen molar-refractivity contribution in [2.24, 2.45) is 5.41 Å². The fourth-order valence-electron chi connectivity index (χ4n) is 2.82. The summed E-state index contributed by atoms with van der Waals surface area (Å²) < 4.78 is 0. The summed E-state index contributed by atoms with van der Waals surface area (Å²) in [5.41, 5.74) is 9.08. The van der Waals surface area contributed by atoms with E-state index < -0.39 is 0 Å². The maximum atomic E-state index is 2.31. The first kappa shape index (κ1) is 25.4. The zero-order valence-corrected chi connectivity index (χ0v) is 19.0. The molecule has 0 nitrogen and oxygen atoms in total. The van der Waals surface area contributed by atoms with Crippen molar-refractivity contribution in [1.29, 1.82) is 0 Å². The van der Waals surface area contributed by atoms with E-state index in [0.717, 1.165) is 0 Å². The highest BCUT2D eigenvalue weighted by Crippen LogP contribution is 2.34. The van der Waals surface area contributed by atoms with Crippen LogP contribution in [-0.2, 0) is 5.41 Å². The van der Waals surface area contributed by atoms with E-state index in [0.29, 0.717) is 11.3 Å². The van der Waals surface area contributed by atoms with Gasteiger partial charge in [-0.05, 0) is 72.3 Å². The van der Waals surface area contributed by atoms with Crippen LogP contribution >= 0.6 is 0 Å². The number of benzene rings is 2. The summed E-state index contributed by atoms with van der Waals surface area (Å²) in [6, 6.07) is 13.5. The van der Waals surface area contributed by atoms with Crippen LogP contribution in [-0.4, -0.2) is 0 Å². The van der Waals surface area contributed by atoms with Crippen LogP contribution in [0.5, 0.6) is 0 Å². The minimum absolute atomic E-state index is 0. The molecule has 2 aromatic rings. The third-order valence-electron chi connectivity index (χ3n) is 5.67. The van der Waals surface area contributed by atoms with Gasteiger partial charge in [0.05, 0.1) is 0 Å². The van der Waals surface area contributed by atoms with Gasteiger partial charge >= 0.3 is 0 Å². The highest BCUT2D eigenvalue weighted by atomic mass is 14.3. The van der Waals surface area contributed by atoms with Crippen LogP contribution in [0.1, 0.15) is 95.2 Å². The van der Waals surface area contributed by atoms with Crippen LogP contribution in [0.25, 0.3) is 0 Å². The van der Waals surface area contributed by atoms with Crippen molar-refractivity contribution in [3.63, 3.8) is 0 Å². The highest BCUT2D eigenvalue weighted by Gasteiger charge is 2.21. The first-order valence-electron chi connectivity index (χ1n) is 9.88. The van der Waals surface area contributed by atoms with Gasteiger partial charge in [-0.1, -0.05) is 97.9 Å². The molecule has 0 saturated carbocycles. The van der Waals surface area contributed by atoms with E-state index in [1.54, 1.807) is 0 Å². The molecular weight excluding hydrogens is 324 g/mol. The lowest BCUT2D eigenvalue weighted by Crippen LogP contribution is -2.15. The molecule has 152 valence electrons. The van der Waals surface area contributed by atoms with Crippen molar-refractivity contribution in [2.75, 3.05) is 0 Å². The van der Waals surface area contributed by atoms with E-state index in [1.807, 2.05) is 0 Å². The summed E-state index contributed by atoms with van der Waals surface area (Å²) in [6.07, 6.45) is 0. The Hall–Kier alpha value is -1.56. The molecule has 0 heteroatoms. The largest absolute Gasteiger partial charge is 0.0776 e. The molecule has 0 bridgehead atoms. The van der Waals surface area contributed by atoms with Crippen molar-refractivity contribution >= 4 is 0 Å². The summed E-state index contributed by atoms with van der Waals surface area (Å²) >= 11 is 0. The molecule has 1 atom stereocenters. The normalized spacial score (nSPS) is 12.6. The van der Waals surface area contributed by atoms with Gasteiger partial charge < -0.3 is 0 Å². The molecule has 0 amide bonds. The monoisotopic (exact) mass is 368 g/mol. The molecule has 1 unspecified atom stereocenters. The van der Waals surface area contributed by atoms with Gasteiger partial charge in [-0.3, -0.25) is 0 Å². The standard InChI is InChI=1S/2C13H20.CH4/c1-9-7-12(13(4,5)6)8-10(2)11(9)3;1-10-6-8-12(9-7-10)11(2)13(3,4)5;/h7-8H,1-6H3;6-9,11H,1-5H3;1H4. The first-order valence-corrected chi connectivity index (χ1v) is 9.88. The maximum absolute atomic E-state index is 2.31. The third kappa shape index (κ3) is 7.53. The average molecular weight is 369 g/mol. The summed E-state index contributed by atoms with van der Waals surface area (Å²) in [5, 5.41) is 0. The summed E-state index contributed by atoms with van der Waals surface area (Å²) in [4.78, 5) is 0. The SMILES string of the molecule is C.Cc1cc(C(C)(C)C)cc(C)c1C.Cc1ccc(C(C)C(C)(C)C)cc1. The fraction of sp³-hybridized carbons (Fsp3) is 0.556. The van der Waals surface area contributed by atoms with Gasteiger partial charge in [-0.25, -0.2) is 0 Å². The molecule has 0 aromatic heterocycles. The van der Waals surface area contributed by atoms with Crippen LogP contribution < -0.4 is 0 Å². The molecule has 0 heterocycles. The minimum Gasteiger partial charge on any atom is -0.0776 e. The average Bonchev–Trinajstić information content (AvgIpc) is 2.51. The Balaban J connectivity index is 0.000000483. The van der Waals surface area contributed by atoms with E-state index >= 15 is 0 Å². The van der Waals surface area contributed by atoms with Crippen molar-refractivity contribution in [1.82, 2.24) is 0 Å². The lowest BCUT2D eigenvalue weighted by atomic mass is 9.78. The number of hydrogen-bond acceptors (Lipinski definition) is 0. The molecule has 2 aromatic carbocycles. The Kier molecular flexibility index (Phi) is 9.03. The van der Waals surface area contributed by atoms with E-state index in [1.165, 1.54) is 33.4 Å². The Bertz CT molecular complexity index is 680. The predicted molar refractivity (Wildman–Crippen MR) is 125 cm³/mol. The smallest absolute Gasteiger partial charge is 0.0132 e. The van der Waals surface area contributed by atoms with E-state index in [-0.39, 0.29) is 12.8 Å². The molecule has 0 spiro atoms. The Morgan fingerprint density at radius 1 is 0.704 bits per heavy atom. The lowest BCUT2D eigenvalue weighted by Gasteiger charge is -2.27. The van der Waals surface area contributed by atoms with Crippen molar-refractivity contribution in [2.45, 2.75) is 94.9 Å². The van der Waals surface area contributed by atoms with Gasteiger partial charge in [0, 0.05) is 0 Å². The van der Waals surface area contributed by atoms with E-state index in [9.17, 15) is 0 Å². The van der Waals surface area contributed by atoms with Crippen LogP contribution in [0.2, 0.25) is 0 Å². The lowest BCUT2D eigenvalue weighted by molar-refractivity contribution is 0.339. The van der Waals surface area contributed by atoms with Gasteiger partial charge in [-0.15, -0.1) is 0 Å². The van der Waals surface area contributed by atoms with Gasteiger partial charge in [0.1, 0.15) is 0 Å². The molecule has 27 heavy (non-hydrogen) atoms. The molecule has 0 N–H and O–H groups in total. The summed E-state index contributed by atoms with van der Waals surface area (Å²) in [7, 11) is 0. The van der Waals surface area contributed by atoms with Crippen LogP contribution in [0.4, 0.5) is 0 Å². The van der Waals surface area contributed by atoms with Crippen molar-refractivity contribution < 1.29 is 0 Å². The van der Waals surface area contributed by atoms with Gasteiger partial charge in [0.15, 0.2) is 0 Å². The topological polar surface area (TPSA) is 0 Å². The zero-order valence-electron chi connectivity index (χ0n) is 19.0. The van der Waals surface area contributed by atoms with Gasteiger partial charge in [0.2, 0.25) is 0 Å². The van der Waals surface area contributed by atoms with Crippen molar-refractivity contribution in [3.05, 3.63) is 69.8 Å². The summed E-state index contributed by atoms with van der Waals surface area (Å²) in [6.45, 7) is 24.7. The maximum Gasteiger partial charge on any atom is -0.0132 e. The molecule has 0 aliphatic carbocycles. The molecule has 2 rings (SSSR count). The molecular formula is C27H44. The Morgan fingerprint density at radius 2 is 1.11 bits per heavy atom. The van der Waals surface area contributed by atoms with Crippen molar-refractivity contribution in [3.8, 4) is 0 Å². The first-order chi connectivity index (χ1) is 11.7. The van der Waals surface area contributed by atoms with Crippen LogP contribution in [0, 0.1) is 33.1 Å². The van der Waals surface area contributed by atoms with E-state index in [4.69, 9.17) is 0 Å². The Morgan fingerprint density at radius 3 is 1.44 bits per heavy atom. The van der Waals surface area contributed by atoms with Gasteiger partial charge in [0.25, 0.3) is 0 Å². The quantitative estimate of drug-likeness (QED) is 0.472.